The van der Waals surface area contributed by atoms with Crippen LogP contribution in [0.2, 0.25) is 0 Å². The highest BCUT2D eigenvalue weighted by Gasteiger charge is 2.45. The molecular weight excluding hydrogens is 506 g/mol. The molecule has 1 aliphatic carbocycles. The Kier molecular flexibility index (Phi) is 6.04. The summed E-state index contributed by atoms with van der Waals surface area (Å²) in [5.74, 6) is 0.678. The van der Waals surface area contributed by atoms with Crippen molar-refractivity contribution < 1.29 is 9.53 Å². The van der Waals surface area contributed by atoms with Crippen LogP contribution in [0.4, 0.5) is 5.69 Å². The Morgan fingerprint density at radius 2 is 1.95 bits per heavy atom. The van der Waals surface area contributed by atoms with Gasteiger partial charge < -0.3 is 15.0 Å². The van der Waals surface area contributed by atoms with Gasteiger partial charge >= 0.3 is 0 Å². The van der Waals surface area contributed by atoms with Gasteiger partial charge in [0.1, 0.15) is 11.6 Å². The molecule has 1 aliphatic heterocycles. The average molecular weight is 536 g/mol. The predicted molar refractivity (Wildman–Crippen MR) is 153 cm³/mol. The van der Waals surface area contributed by atoms with Crippen molar-refractivity contribution in [1.29, 1.82) is 5.26 Å². The Balaban J connectivity index is 1.45. The SMILES string of the molecule is COc1ccc(N2C(N)=C(C#N)[C@@H](c3cc(Cn4cnc5ccccc54)cs3)C3=C2CC(C)(C)CC3=O)cc1. The molecule has 7 nitrogen and oxygen atoms in total. The second-order valence-electron chi connectivity index (χ2n) is 10.9. The van der Waals surface area contributed by atoms with Crippen molar-refractivity contribution in [3.8, 4) is 11.8 Å². The number of carbonyl (C=O) groups is 1. The van der Waals surface area contributed by atoms with Gasteiger partial charge in [-0.1, -0.05) is 26.0 Å². The van der Waals surface area contributed by atoms with E-state index < -0.39 is 5.92 Å². The smallest absolute Gasteiger partial charge is 0.162 e. The first kappa shape index (κ1) is 25.0. The number of aromatic nitrogens is 2. The number of imidazole rings is 1. The molecule has 0 saturated heterocycles. The zero-order valence-corrected chi connectivity index (χ0v) is 23.0. The van der Waals surface area contributed by atoms with Crippen LogP contribution >= 0.6 is 11.3 Å². The van der Waals surface area contributed by atoms with Crippen LogP contribution < -0.4 is 15.4 Å². The summed E-state index contributed by atoms with van der Waals surface area (Å²) in [6.07, 6.45) is 2.95. The number of methoxy groups -OCH3 is 1. The first-order chi connectivity index (χ1) is 18.8. The molecule has 0 radical (unpaired) electrons. The van der Waals surface area contributed by atoms with Gasteiger partial charge in [-0.2, -0.15) is 5.26 Å². The third-order valence-corrected chi connectivity index (χ3v) is 8.60. The minimum atomic E-state index is -0.485. The number of anilines is 1. The molecule has 0 spiro atoms. The molecule has 0 amide bonds. The number of hydrogen-bond donors (Lipinski definition) is 1. The predicted octanol–water partition coefficient (Wildman–Crippen LogP) is 6.10. The average Bonchev–Trinajstić information content (AvgIpc) is 3.55. The van der Waals surface area contributed by atoms with E-state index in [1.165, 1.54) is 0 Å². The summed E-state index contributed by atoms with van der Waals surface area (Å²) in [7, 11) is 1.62. The van der Waals surface area contributed by atoms with Gasteiger partial charge in [0.25, 0.3) is 0 Å². The lowest BCUT2D eigenvalue weighted by molar-refractivity contribution is -0.118. The number of nitrogens with two attached hydrogens (primary N) is 1. The van der Waals surface area contributed by atoms with Gasteiger partial charge in [-0.25, -0.2) is 4.98 Å². The second-order valence-corrected chi connectivity index (χ2v) is 11.8. The summed E-state index contributed by atoms with van der Waals surface area (Å²) in [6, 6.07) is 20.1. The number of ketones is 1. The molecule has 196 valence electrons. The van der Waals surface area contributed by atoms with Crippen molar-refractivity contribution in [2.45, 2.75) is 39.2 Å². The number of nitrogens with zero attached hydrogens (tertiary/aromatic N) is 4. The highest BCUT2D eigenvalue weighted by molar-refractivity contribution is 7.10. The monoisotopic (exact) mass is 535 g/mol. The van der Waals surface area contributed by atoms with Gasteiger partial charge in [-0.3, -0.25) is 9.69 Å². The van der Waals surface area contributed by atoms with E-state index in [2.05, 4.69) is 47.0 Å². The third kappa shape index (κ3) is 4.29. The molecule has 0 fully saturated rings. The molecule has 3 heterocycles. The summed E-state index contributed by atoms with van der Waals surface area (Å²) < 4.78 is 7.45. The fourth-order valence-corrected chi connectivity index (χ4v) is 6.80. The quantitative estimate of drug-likeness (QED) is 0.332. The van der Waals surface area contributed by atoms with Gasteiger partial charge in [0.15, 0.2) is 5.78 Å². The van der Waals surface area contributed by atoms with E-state index in [0.717, 1.165) is 38.6 Å². The number of nitriles is 1. The highest BCUT2D eigenvalue weighted by atomic mass is 32.1. The maximum Gasteiger partial charge on any atom is 0.162 e. The molecule has 39 heavy (non-hydrogen) atoms. The van der Waals surface area contributed by atoms with E-state index in [1.807, 2.05) is 53.7 Å². The lowest BCUT2D eigenvalue weighted by atomic mass is 9.69. The number of Topliss-reactive ketones (excluding diaryl/α,β-unsaturated/α-hetero) is 1. The lowest BCUT2D eigenvalue weighted by Crippen LogP contribution is -2.42. The summed E-state index contributed by atoms with van der Waals surface area (Å²) in [5, 5.41) is 12.5. The fourth-order valence-electron chi connectivity index (χ4n) is 5.78. The van der Waals surface area contributed by atoms with Crippen LogP contribution in [0.5, 0.6) is 5.75 Å². The van der Waals surface area contributed by atoms with Crippen molar-refractivity contribution in [3.63, 3.8) is 0 Å². The molecule has 2 aromatic heterocycles. The molecule has 0 unspecified atom stereocenters. The molecule has 4 aromatic rings. The van der Waals surface area contributed by atoms with Crippen LogP contribution in [0.25, 0.3) is 11.0 Å². The van der Waals surface area contributed by atoms with E-state index >= 15 is 0 Å². The summed E-state index contributed by atoms with van der Waals surface area (Å²) >= 11 is 1.57. The molecule has 2 N–H and O–H groups in total. The van der Waals surface area contributed by atoms with Crippen molar-refractivity contribution in [2.75, 3.05) is 12.0 Å². The molecule has 6 rings (SSSR count). The Morgan fingerprint density at radius 3 is 2.69 bits per heavy atom. The number of fused-ring (bicyclic) bond motifs is 1. The number of allylic oxidation sites excluding steroid dienone is 3. The largest absolute Gasteiger partial charge is 0.497 e. The Hall–Kier alpha value is -4.35. The molecular formula is C31H29N5O2S. The number of para-hydroxylation sites is 2. The van der Waals surface area contributed by atoms with Crippen molar-refractivity contribution in [1.82, 2.24) is 9.55 Å². The first-order valence-electron chi connectivity index (χ1n) is 12.9. The van der Waals surface area contributed by atoms with Gasteiger partial charge in [0, 0.05) is 34.8 Å². The standard InChI is InChI=1S/C31H29N5O2S/c1-31(2)13-25-29(26(37)14-31)28(22(15-32)30(33)36(25)20-8-10-21(38-3)11-9-20)27-12-19(17-39-27)16-35-18-34-23-6-4-5-7-24(23)35/h4-12,17-18,28H,13-14,16,33H2,1-3H3/t28-/m0/s1. The summed E-state index contributed by atoms with van der Waals surface area (Å²) in [5.41, 5.74) is 12.4. The van der Waals surface area contributed by atoms with Gasteiger partial charge in [-0.05, 0) is 65.2 Å². The summed E-state index contributed by atoms with van der Waals surface area (Å²) in [6.45, 7) is 4.86. The zero-order valence-electron chi connectivity index (χ0n) is 22.1. The van der Waals surface area contributed by atoms with E-state index in [4.69, 9.17) is 10.5 Å². The molecule has 8 heteroatoms. The number of rotatable bonds is 5. The number of carbonyl (C=O) groups excluding carboxylic acids is 1. The van der Waals surface area contributed by atoms with E-state index in [9.17, 15) is 10.1 Å². The zero-order chi connectivity index (χ0) is 27.3. The van der Waals surface area contributed by atoms with E-state index in [-0.39, 0.29) is 11.2 Å². The first-order valence-corrected chi connectivity index (χ1v) is 13.7. The Bertz CT molecular complexity index is 1700. The maximum absolute atomic E-state index is 13.8. The van der Waals surface area contributed by atoms with Crippen molar-refractivity contribution in [2.24, 2.45) is 11.1 Å². The fraction of sp³-hybridized carbons (Fsp3) is 0.258. The Labute approximate surface area is 231 Å². The Morgan fingerprint density at radius 1 is 1.18 bits per heavy atom. The van der Waals surface area contributed by atoms with Crippen LogP contribution in [0.15, 0.2) is 89.0 Å². The third-order valence-electron chi connectivity index (χ3n) is 7.55. The van der Waals surface area contributed by atoms with Crippen molar-refractivity contribution in [3.05, 3.63) is 99.4 Å². The van der Waals surface area contributed by atoms with Crippen molar-refractivity contribution >= 4 is 33.8 Å². The van der Waals surface area contributed by atoms with E-state index in [0.29, 0.717) is 36.4 Å². The maximum atomic E-state index is 13.8. The lowest BCUT2D eigenvalue weighted by Gasteiger charge is -2.43. The normalized spacial score (nSPS) is 18.9. The van der Waals surface area contributed by atoms with Crippen LogP contribution in [-0.4, -0.2) is 22.4 Å². The van der Waals surface area contributed by atoms with Crippen LogP contribution in [0.1, 0.15) is 43.0 Å². The van der Waals surface area contributed by atoms with E-state index in [1.54, 1.807) is 18.4 Å². The minimum Gasteiger partial charge on any atom is -0.497 e. The topological polar surface area (TPSA) is 97.2 Å². The molecule has 0 saturated carbocycles. The second kappa shape index (κ2) is 9.44. The molecule has 0 bridgehead atoms. The molecule has 2 aliphatic rings. The number of hydrogen-bond acceptors (Lipinski definition) is 7. The number of ether oxygens (including phenoxy) is 1. The van der Waals surface area contributed by atoms with Gasteiger partial charge in [0.05, 0.1) is 42.0 Å². The van der Waals surface area contributed by atoms with Gasteiger partial charge in [-0.15, -0.1) is 11.3 Å². The van der Waals surface area contributed by atoms with Gasteiger partial charge in [0.2, 0.25) is 0 Å². The van der Waals surface area contributed by atoms with Crippen LogP contribution in [0.3, 0.4) is 0 Å². The van der Waals surface area contributed by atoms with Crippen LogP contribution in [-0.2, 0) is 11.3 Å². The number of benzene rings is 2. The molecule has 1 atom stereocenters. The molecule has 2 aromatic carbocycles. The highest BCUT2D eigenvalue weighted by Crippen LogP contribution is 2.51. The summed E-state index contributed by atoms with van der Waals surface area (Å²) in [4.78, 5) is 21.1. The van der Waals surface area contributed by atoms with Crippen LogP contribution in [0, 0.1) is 16.7 Å². The number of thiophene rings is 1. The minimum absolute atomic E-state index is 0.0700.